The zero-order chi connectivity index (χ0) is 15.1. The average molecular weight is 305 g/mol. The second kappa shape index (κ2) is 7.81. The van der Waals surface area contributed by atoms with Crippen molar-refractivity contribution in [3.8, 4) is 5.75 Å². The van der Waals surface area contributed by atoms with Crippen LogP contribution in [0.4, 0.5) is 0 Å². The van der Waals surface area contributed by atoms with Crippen molar-refractivity contribution in [2.75, 3.05) is 27.4 Å². The summed E-state index contributed by atoms with van der Waals surface area (Å²) in [7, 11) is 3.23. The minimum atomic E-state index is -0.0165. The lowest BCUT2D eigenvalue weighted by Gasteiger charge is -2.22. The predicted octanol–water partition coefficient (Wildman–Crippen LogP) is 3.05. The van der Waals surface area contributed by atoms with Gasteiger partial charge in [-0.25, -0.2) is 0 Å². The molecule has 2 rings (SSSR count). The van der Waals surface area contributed by atoms with Gasteiger partial charge < -0.3 is 14.4 Å². The second-order valence-corrected chi connectivity index (χ2v) is 5.36. The third-order valence-corrected chi connectivity index (χ3v) is 3.85. The molecule has 1 aromatic carbocycles. The van der Waals surface area contributed by atoms with Gasteiger partial charge in [-0.1, -0.05) is 6.07 Å². The van der Waals surface area contributed by atoms with Crippen LogP contribution < -0.4 is 4.74 Å². The van der Waals surface area contributed by atoms with Crippen molar-refractivity contribution in [2.45, 2.75) is 6.54 Å². The summed E-state index contributed by atoms with van der Waals surface area (Å²) >= 11 is 1.63. The van der Waals surface area contributed by atoms with E-state index >= 15 is 0 Å². The molecule has 0 atom stereocenters. The van der Waals surface area contributed by atoms with Crippen LogP contribution in [0.3, 0.4) is 0 Å². The highest BCUT2D eigenvalue weighted by Crippen LogP contribution is 2.16. The van der Waals surface area contributed by atoms with Gasteiger partial charge in [0.25, 0.3) is 5.91 Å². The minimum Gasteiger partial charge on any atom is -0.497 e. The van der Waals surface area contributed by atoms with Gasteiger partial charge in [-0.15, -0.1) is 0 Å². The lowest BCUT2D eigenvalue weighted by Crippen LogP contribution is -2.33. The van der Waals surface area contributed by atoms with Gasteiger partial charge in [0.05, 0.1) is 13.7 Å². The largest absolute Gasteiger partial charge is 0.497 e. The molecule has 0 saturated carbocycles. The molecular formula is C16H19NO3S. The Morgan fingerprint density at radius 1 is 1.29 bits per heavy atom. The van der Waals surface area contributed by atoms with Crippen molar-refractivity contribution < 1.29 is 14.3 Å². The molecule has 0 fully saturated rings. The Kier molecular flexibility index (Phi) is 5.78. The van der Waals surface area contributed by atoms with Gasteiger partial charge in [-0.05, 0) is 40.6 Å². The van der Waals surface area contributed by atoms with Gasteiger partial charge in [0.2, 0.25) is 0 Å². The lowest BCUT2D eigenvalue weighted by molar-refractivity contribution is 0.0680. The number of methoxy groups -OCH3 is 2. The van der Waals surface area contributed by atoms with Crippen LogP contribution in [-0.2, 0) is 11.3 Å². The predicted molar refractivity (Wildman–Crippen MR) is 83.9 cm³/mol. The summed E-state index contributed by atoms with van der Waals surface area (Å²) in [5, 5.41) is 4.07. The normalized spacial score (nSPS) is 10.4. The summed E-state index contributed by atoms with van der Waals surface area (Å²) in [6.07, 6.45) is 0. The number of carbonyl (C=O) groups excluding carboxylic acids is 1. The number of carbonyl (C=O) groups is 1. The van der Waals surface area contributed by atoms with Crippen molar-refractivity contribution in [3.05, 3.63) is 52.2 Å². The Morgan fingerprint density at radius 2 is 2.14 bits per heavy atom. The molecule has 0 radical (unpaired) electrons. The number of amides is 1. The van der Waals surface area contributed by atoms with Crippen LogP contribution in [0.1, 0.15) is 15.9 Å². The van der Waals surface area contributed by atoms with E-state index in [1.807, 2.05) is 23.6 Å². The van der Waals surface area contributed by atoms with E-state index in [4.69, 9.17) is 9.47 Å². The second-order valence-electron chi connectivity index (χ2n) is 4.58. The van der Waals surface area contributed by atoms with Crippen molar-refractivity contribution in [2.24, 2.45) is 0 Å². The Labute approximate surface area is 128 Å². The van der Waals surface area contributed by atoms with Gasteiger partial charge in [0, 0.05) is 25.8 Å². The van der Waals surface area contributed by atoms with Crippen LogP contribution in [0.2, 0.25) is 0 Å². The van der Waals surface area contributed by atoms with Crippen molar-refractivity contribution in [1.29, 1.82) is 0 Å². The standard InChI is InChI=1S/C16H19NO3S/c1-19-8-7-17(11-13-6-9-21-12-13)16(18)14-4-3-5-15(10-14)20-2/h3-6,9-10,12H,7-8,11H2,1-2H3. The van der Waals surface area contributed by atoms with E-state index in [2.05, 4.69) is 5.38 Å². The van der Waals surface area contributed by atoms with Gasteiger partial charge in [0.15, 0.2) is 0 Å². The van der Waals surface area contributed by atoms with Crippen molar-refractivity contribution in [3.63, 3.8) is 0 Å². The number of thiophene rings is 1. The minimum absolute atomic E-state index is 0.0165. The van der Waals surface area contributed by atoms with Crippen LogP contribution in [0.25, 0.3) is 0 Å². The zero-order valence-corrected chi connectivity index (χ0v) is 13.1. The van der Waals surface area contributed by atoms with E-state index in [0.717, 1.165) is 5.56 Å². The van der Waals surface area contributed by atoms with Crippen LogP contribution in [0, 0.1) is 0 Å². The summed E-state index contributed by atoms with van der Waals surface area (Å²) in [6, 6.07) is 9.25. The smallest absolute Gasteiger partial charge is 0.254 e. The first-order chi connectivity index (χ1) is 10.2. The van der Waals surface area contributed by atoms with Crippen LogP contribution >= 0.6 is 11.3 Å². The summed E-state index contributed by atoms with van der Waals surface area (Å²) in [6.45, 7) is 1.66. The molecule has 0 saturated heterocycles. The van der Waals surface area contributed by atoms with Crippen LogP contribution in [-0.4, -0.2) is 38.2 Å². The number of benzene rings is 1. The van der Waals surface area contributed by atoms with Gasteiger partial charge in [0.1, 0.15) is 5.75 Å². The average Bonchev–Trinajstić information content (AvgIpc) is 3.03. The van der Waals surface area contributed by atoms with Crippen molar-refractivity contribution >= 4 is 17.2 Å². The Bertz CT molecular complexity index is 569. The first kappa shape index (κ1) is 15.5. The number of hydrogen-bond donors (Lipinski definition) is 0. The first-order valence-corrected chi connectivity index (χ1v) is 7.62. The molecule has 0 aliphatic rings. The molecule has 4 nitrogen and oxygen atoms in total. The Balaban J connectivity index is 2.15. The lowest BCUT2D eigenvalue weighted by atomic mass is 10.1. The maximum Gasteiger partial charge on any atom is 0.254 e. The quantitative estimate of drug-likeness (QED) is 0.789. The molecule has 2 aromatic rings. The Hall–Kier alpha value is -1.85. The highest BCUT2D eigenvalue weighted by atomic mass is 32.1. The fourth-order valence-electron chi connectivity index (χ4n) is 2.00. The van der Waals surface area contributed by atoms with Crippen LogP contribution in [0.5, 0.6) is 5.75 Å². The topological polar surface area (TPSA) is 38.8 Å². The fourth-order valence-corrected chi connectivity index (χ4v) is 2.66. The zero-order valence-electron chi connectivity index (χ0n) is 12.2. The maximum atomic E-state index is 12.7. The van der Waals surface area contributed by atoms with Gasteiger partial charge in [-0.3, -0.25) is 4.79 Å². The summed E-state index contributed by atoms with van der Waals surface area (Å²) in [5.74, 6) is 0.667. The van der Waals surface area contributed by atoms with Crippen LogP contribution in [0.15, 0.2) is 41.1 Å². The van der Waals surface area contributed by atoms with E-state index in [9.17, 15) is 4.79 Å². The molecule has 112 valence electrons. The fraction of sp³-hybridized carbons (Fsp3) is 0.312. The number of ether oxygens (including phenoxy) is 2. The maximum absolute atomic E-state index is 12.7. The van der Waals surface area contributed by atoms with E-state index < -0.39 is 0 Å². The third-order valence-electron chi connectivity index (χ3n) is 3.12. The molecule has 0 N–H and O–H groups in total. The molecule has 5 heteroatoms. The SMILES string of the molecule is COCCN(Cc1ccsc1)C(=O)c1cccc(OC)c1. The molecule has 1 amide bonds. The van der Waals surface area contributed by atoms with Gasteiger partial charge >= 0.3 is 0 Å². The number of rotatable bonds is 7. The monoisotopic (exact) mass is 305 g/mol. The highest BCUT2D eigenvalue weighted by molar-refractivity contribution is 7.07. The molecule has 0 aliphatic carbocycles. The molecule has 0 bridgehead atoms. The molecule has 1 aromatic heterocycles. The van der Waals surface area contributed by atoms with E-state index in [0.29, 0.717) is 31.0 Å². The van der Waals surface area contributed by atoms with Crippen molar-refractivity contribution in [1.82, 2.24) is 4.90 Å². The van der Waals surface area contributed by atoms with E-state index in [1.54, 1.807) is 42.6 Å². The molecule has 21 heavy (non-hydrogen) atoms. The molecule has 0 aliphatic heterocycles. The molecule has 1 heterocycles. The summed E-state index contributed by atoms with van der Waals surface area (Å²) in [4.78, 5) is 14.5. The van der Waals surface area contributed by atoms with E-state index in [1.165, 1.54) is 0 Å². The number of nitrogens with zero attached hydrogens (tertiary/aromatic N) is 1. The van der Waals surface area contributed by atoms with E-state index in [-0.39, 0.29) is 5.91 Å². The highest BCUT2D eigenvalue weighted by Gasteiger charge is 2.16. The molecular weight excluding hydrogens is 286 g/mol. The first-order valence-electron chi connectivity index (χ1n) is 6.68. The Morgan fingerprint density at radius 3 is 2.81 bits per heavy atom. The van der Waals surface area contributed by atoms with Gasteiger partial charge in [-0.2, -0.15) is 11.3 Å². The summed E-state index contributed by atoms with van der Waals surface area (Å²) in [5.41, 5.74) is 1.76. The molecule has 0 spiro atoms. The number of hydrogen-bond acceptors (Lipinski definition) is 4. The summed E-state index contributed by atoms with van der Waals surface area (Å²) < 4.78 is 10.3. The third kappa shape index (κ3) is 4.31. The molecule has 0 unspecified atom stereocenters.